The second kappa shape index (κ2) is 4.92. The van der Waals surface area contributed by atoms with Crippen molar-refractivity contribution < 1.29 is 4.74 Å². The summed E-state index contributed by atoms with van der Waals surface area (Å²) < 4.78 is 6.80. The van der Waals surface area contributed by atoms with E-state index in [1.807, 2.05) is 23.7 Å². The maximum Gasteiger partial charge on any atom is 0.233 e. The molecule has 1 unspecified atom stereocenters. The molecule has 0 fully saturated rings. The monoisotopic (exact) mass is 233 g/mol. The summed E-state index contributed by atoms with van der Waals surface area (Å²) in [6.07, 6.45) is 1.73. The Labute approximate surface area is 99.4 Å². The van der Waals surface area contributed by atoms with Crippen LogP contribution in [0.1, 0.15) is 24.4 Å². The molecule has 0 saturated heterocycles. The normalized spacial score (nSPS) is 12.4. The minimum absolute atomic E-state index is 0.323. The zero-order valence-electron chi connectivity index (χ0n) is 9.87. The Bertz CT molecular complexity index is 479. The van der Waals surface area contributed by atoms with Crippen LogP contribution in [0.3, 0.4) is 0 Å². The van der Waals surface area contributed by atoms with Crippen LogP contribution in [0.25, 0.3) is 0 Å². The van der Waals surface area contributed by atoms with E-state index in [-0.39, 0.29) is 6.04 Å². The number of nitrogens with zero attached hydrogens (tertiary/aromatic N) is 4. The minimum atomic E-state index is -0.323. The van der Waals surface area contributed by atoms with Crippen LogP contribution in [0.4, 0.5) is 0 Å². The van der Waals surface area contributed by atoms with Gasteiger partial charge in [0.1, 0.15) is 0 Å². The molecule has 17 heavy (non-hydrogen) atoms. The number of aromatic nitrogens is 4. The molecule has 2 aromatic rings. The molecule has 90 valence electrons. The van der Waals surface area contributed by atoms with E-state index in [2.05, 4.69) is 15.3 Å². The van der Waals surface area contributed by atoms with Gasteiger partial charge in [0.15, 0.2) is 0 Å². The van der Waals surface area contributed by atoms with Gasteiger partial charge in [-0.2, -0.15) is 5.10 Å². The van der Waals surface area contributed by atoms with Gasteiger partial charge in [0.25, 0.3) is 0 Å². The summed E-state index contributed by atoms with van der Waals surface area (Å²) in [5.41, 5.74) is 7.74. The molecule has 6 heteroatoms. The van der Waals surface area contributed by atoms with Gasteiger partial charge >= 0.3 is 0 Å². The lowest BCUT2D eigenvalue weighted by atomic mass is 10.1. The van der Waals surface area contributed by atoms with Gasteiger partial charge in [0.05, 0.1) is 24.5 Å². The first-order valence-electron chi connectivity index (χ1n) is 5.41. The van der Waals surface area contributed by atoms with Crippen molar-refractivity contribution in [1.82, 2.24) is 20.0 Å². The maximum absolute atomic E-state index is 6.12. The van der Waals surface area contributed by atoms with Gasteiger partial charge in [0.2, 0.25) is 5.88 Å². The lowest BCUT2D eigenvalue weighted by Gasteiger charge is -2.12. The Hall–Kier alpha value is -1.95. The summed E-state index contributed by atoms with van der Waals surface area (Å²) >= 11 is 0. The van der Waals surface area contributed by atoms with Crippen LogP contribution in [0.15, 0.2) is 24.4 Å². The van der Waals surface area contributed by atoms with Crippen molar-refractivity contribution in [2.24, 2.45) is 5.73 Å². The average Bonchev–Trinajstić information content (AvgIpc) is 2.86. The number of hydrogen-bond donors (Lipinski definition) is 1. The van der Waals surface area contributed by atoms with Crippen molar-refractivity contribution in [3.8, 4) is 5.88 Å². The molecule has 0 spiro atoms. The highest BCUT2D eigenvalue weighted by atomic mass is 16.5. The zero-order valence-corrected chi connectivity index (χ0v) is 9.87. The average molecular weight is 233 g/mol. The third-order valence-electron chi connectivity index (χ3n) is 2.56. The van der Waals surface area contributed by atoms with E-state index in [0.717, 1.165) is 12.2 Å². The first-order valence-corrected chi connectivity index (χ1v) is 5.41. The van der Waals surface area contributed by atoms with Crippen LogP contribution in [-0.4, -0.2) is 27.1 Å². The minimum Gasteiger partial charge on any atom is -0.480 e. The first kappa shape index (κ1) is 11.5. The first-order chi connectivity index (χ1) is 8.26. The zero-order chi connectivity index (χ0) is 12.3. The van der Waals surface area contributed by atoms with Gasteiger partial charge in [-0.3, -0.25) is 4.68 Å². The smallest absolute Gasteiger partial charge is 0.233 e. The lowest BCUT2D eigenvalue weighted by Crippen LogP contribution is -2.18. The largest absolute Gasteiger partial charge is 0.480 e. The van der Waals surface area contributed by atoms with Crippen molar-refractivity contribution in [1.29, 1.82) is 0 Å². The van der Waals surface area contributed by atoms with E-state index in [9.17, 15) is 0 Å². The van der Waals surface area contributed by atoms with Crippen molar-refractivity contribution >= 4 is 0 Å². The third-order valence-corrected chi connectivity index (χ3v) is 2.56. The molecule has 0 amide bonds. The summed E-state index contributed by atoms with van der Waals surface area (Å²) in [7, 11) is 1.55. The molecule has 2 N–H and O–H groups in total. The Morgan fingerprint density at radius 2 is 2.18 bits per heavy atom. The highest BCUT2D eigenvalue weighted by molar-refractivity contribution is 5.22. The molecule has 0 aliphatic carbocycles. The number of nitrogens with two attached hydrogens (primary N) is 1. The number of aryl methyl sites for hydroxylation is 1. The predicted octanol–water partition coefficient (Wildman–Crippen LogP) is 0.750. The molecule has 2 aromatic heterocycles. The number of methoxy groups -OCH3 is 1. The van der Waals surface area contributed by atoms with E-state index in [1.54, 1.807) is 19.4 Å². The van der Waals surface area contributed by atoms with Gasteiger partial charge in [0, 0.05) is 18.8 Å². The van der Waals surface area contributed by atoms with E-state index < -0.39 is 0 Å². The Morgan fingerprint density at radius 3 is 2.76 bits per heavy atom. The molecule has 0 aliphatic heterocycles. The van der Waals surface area contributed by atoms with Gasteiger partial charge in [-0.05, 0) is 19.1 Å². The second-order valence-corrected chi connectivity index (χ2v) is 3.55. The number of rotatable bonds is 4. The maximum atomic E-state index is 6.12. The summed E-state index contributed by atoms with van der Waals surface area (Å²) in [5.74, 6) is 0.477. The molecule has 0 aliphatic rings. The highest BCUT2D eigenvalue weighted by Crippen LogP contribution is 2.17. The van der Waals surface area contributed by atoms with Gasteiger partial charge < -0.3 is 10.5 Å². The molecule has 2 heterocycles. The van der Waals surface area contributed by atoms with Crippen LogP contribution < -0.4 is 10.5 Å². The fourth-order valence-electron chi connectivity index (χ4n) is 1.63. The van der Waals surface area contributed by atoms with Gasteiger partial charge in [-0.1, -0.05) is 0 Å². The molecule has 0 saturated carbocycles. The van der Waals surface area contributed by atoms with Crippen LogP contribution >= 0.6 is 0 Å². The van der Waals surface area contributed by atoms with Crippen LogP contribution in [0.2, 0.25) is 0 Å². The lowest BCUT2D eigenvalue weighted by molar-refractivity contribution is 0.390. The Kier molecular flexibility index (Phi) is 3.34. The van der Waals surface area contributed by atoms with Crippen LogP contribution in [0, 0.1) is 0 Å². The van der Waals surface area contributed by atoms with E-state index in [0.29, 0.717) is 11.6 Å². The SMILES string of the molecule is CCn1nccc1C(N)c1ccc(OC)nn1. The van der Waals surface area contributed by atoms with Crippen molar-refractivity contribution in [3.63, 3.8) is 0 Å². The Morgan fingerprint density at radius 1 is 1.35 bits per heavy atom. The van der Waals surface area contributed by atoms with Crippen LogP contribution in [0.5, 0.6) is 5.88 Å². The number of hydrogen-bond acceptors (Lipinski definition) is 5. The molecule has 0 aromatic carbocycles. The molecule has 0 bridgehead atoms. The quantitative estimate of drug-likeness (QED) is 0.843. The third kappa shape index (κ3) is 2.26. The van der Waals surface area contributed by atoms with Crippen molar-refractivity contribution in [3.05, 3.63) is 35.8 Å². The second-order valence-electron chi connectivity index (χ2n) is 3.55. The number of ether oxygens (including phenoxy) is 1. The molecule has 6 nitrogen and oxygen atoms in total. The fourth-order valence-corrected chi connectivity index (χ4v) is 1.63. The highest BCUT2D eigenvalue weighted by Gasteiger charge is 2.15. The molecular formula is C11H15N5O. The fraction of sp³-hybridized carbons (Fsp3) is 0.364. The topological polar surface area (TPSA) is 78.9 Å². The molecular weight excluding hydrogens is 218 g/mol. The Balaban J connectivity index is 2.27. The molecule has 0 radical (unpaired) electrons. The van der Waals surface area contributed by atoms with E-state index in [1.165, 1.54) is 0 Å². The summed E-state index contributed by atoms with van der Waals surface area (Å²) in [6.45, 7) is 2.79. The van der Waals surface area contributed by atoms with Gasteiger partial charge in [-0.25, -0.2) is 0 Å². The molecule has 1 atom stereocenters. The van der Waals surface area contributed by atoms with Gasteiger partial charge in [-0.15, -0.1) is 10.2 Å². The van der Waals surface area contributed by atoms with E-state index in [4.69, 9.17) is 10.5 Å². The van der Waals surface area contributed by atoms with Crippen molar-refractivity contribution in [2.75, 3.05) is 7.11 Å². The van der Waals surface area contributed by atoms with Crippen LogP contribution in [-0.2, 0) is 6.54 Å². The van der Waals surface area contributed by atoms with E-state index >= 15 is 0 Å². The predicted molar refractivity (Wildman–Crippen MR) is 62.5 cm³/mol. The van der Waals surface area contributed by atoms with Crippen molar-refractivity contribution in [2.45, 2.75) is 19.5 Å². The summed E-state index contributed by atoms with van der Waals surface area (Å²) in [6, 6.07) is 5.12. The molecule has 2 rings (SSSR count). The summed E-state index contributed by atoms with van der Waals surface area (Å²) in [4.78, 5) is 0. The standard InChI is InChI=1S/C11H15N5O/c1-3-16-9(6-7-13-16)11(12)8-4-5-10(17-2)15-14-8/h4-7,11H,3,12H2,1-2H3. The summed E-state index contributed by atoms with van der Waals surface area (Å²) in [5, 5.41) is 12.1.